The Hall–Kier alpha value is -3.78. The molecule has 2 aromatic carbocycles. The molecule has 1 amide bonds. The van der Waals surface area contributed by atoms with E-state index in [0.29, 0.717) is 60.9 Å². The van der Waals surface area contributed by atoms with E-state index in [1.165, 1.54) is 14.2 Å². The number of benzene rings is 2. The number of methoxy groups -OCH3 is 2. The molecule has 0 aliphatic carbocycles. The maximum Gasteiger partial charge on any atom is 0.264 e. The molecular weight excluding hydrogens is 472 g/mol. The molecule has 1 aromatic heterocycles. The second-order valence-corrected chi connectivity index (χ2v) is 9.13. The molecule has 0 radical (unpaired) electrons. The fraction of sp³-hybridized carbons (Fsp3) is 0.379. The minimum absolute atomic E-state index is 0.150. The molecule has 0 saturated carbocycles. The first kappa shape index (κ1) is 26.3. The first-order valence-corrected chi connectivity index (χ1v) is 12.6. The largest absolute Gasteiger partial charge is 0.506 e. The minimum atomic E-state index is -0.611. The van der Waals surface area contributed by atoms with Crippen molar-refractivity contribution in [3.05, 3.63) is 75.7 Å². The van der Waals surface area contributed by atoms with Crippen LogP contribution in [0.4, 0.5) is 0 Å². The molecule has 2 heterocycles. The molecule has 1 aliphatic rings. The molecule has 1 fully saturated rings. The number of H-pyrrole nitrogens is 1. The van der Waals surface area contributed by atoms with E-state index in [2.05, 4.69) is 4.98 Å². The smallest absolute Gasteiger partial charge is 0.264 e. The zero-order valence-electron chi connectivity index (χ0n) is 21.6. The van der Waals surface area contributed by atoms with Gasteiger partial charge >= 0.3 is 0 Å². The average molecular weight is 507 g/mol. The van der Waals surface area contributed by atoms with Crippen LogP contribution < -0.4 is 15.0 Å². The van der Waals surface area contributed by atoms with Crippen LogP contribution in [0.3, 0.4) is 0 Å². The van der Waals surface area contributed by atoms with Crippen LogP contribution in [-0.4, -0.2) is 54.3 Å². The Bertz CT molecular complexity index is 1270. The van der Waals surface area contributed by atoms with Crippen LogP contribution >= 0.6 is 0 Å². The van der Waals surface area contributed by atoms with E-state index in [1.807, 2.05) is 37.3 Å². The normalized spacial score (nSPS) is 15.1. The Kier molecular flexibility index (Phi) is 8.50. The van der Waals surface area contributed by atoms with Crippen LogP contribution in [0.15, 0.2) is 53.3 Å². The third-order valence-corrected chi connectivity index (χ3v) is 6.70. The van der Waals surface area contributed by atoms with Crippen molar-refractivity contribution in [1.29, 1.82) is 0 Å². The number of hydrogen-bond acceptors (Lipinski definition) is 6. The summed E-state index contributed by atoms with van der Waals surface area (Å²) in [7, 11) is 3.05. The third kappa shape index (κ3) is 5.64. The molecule has 1 atom stereocenters. The number of nitrogens with one attached hydrogen (secondary N) is 1. The lowest BCUT2D eigenvalue weighted by Crippen LogP contribution is -2.34. The lowest BCUT2D eigenvalue weighted by molar-refractivity contribution is 0.0436. The molecule has 8 nitrogen and oxygen atoms in total. The zero-order chi connectivity index (χ0) is 26.4. The Labute approximate surface area is 216 Å². The van der Waals surface area contributed by atoms with Gasteiger partial charge in [0.25, 0.3) is 11.5 Å². The van der Waals surface area contributed by atoms with Crippen molar-refractivity contribution in [3.63, 3.8) is 0 Å². The van der Waals surface area contributed by atoms with Gasteiger partial charge in [-0.25, -0.2) is 0 Å². The predicted octanol–water partition coefficient (Wildman–Crippen LogP) is 4.54. The summed E-state index contributed by atoms with van der Waals surface area (Å²) in [5.41, 5.74) is 1.54. The van der Waals surface area contributed by atoms with E-state index in [0.717, 1.165) is 18.4 Å². The zero-order valence-corrected chi connectivity index (χ0v) is 21.6. The molecule has 2 N–H and O–H groups in total. The second-order valence-electron chi connectivity index (χ2n) is 9.13. The summed E-state index contributed by atoms with van der Waals surface area (Å²) in [4.78, 5) is 31.1. The number of hydrogen-bond donors (Lipinski definition) is 2. The van der Waals surface area contributed by atoms with Crippen molar-refractivity contribution in [1.82, 2.24) is 9.88 Å². The number of aromatic amines is 1. The maximum absolute atomic E-state index is 13.6. The third-order valence-electron chi connectivity index (χ3n) is 6.70. The molecule has 4 rings (SSSR count). The molecule has 37 heavy (non-hydrogen) atoms. The number of amides is 1. The second kappa shape index (κ2) is 12.0. The summed E-state index contributed by atoms with van der Waals surface area (Å²) in [5.74, 6) is 0.0415. The minimum Gasteiger partial charge on any atom is -0.506 e. The molecule has 196 valence electrons. The van der Waals surface area contributed by atoms with Gasteiger partial charge in [0, 0.05) is 18.8 Å². The lowest BCUT2D eigenvalue weighted by atomic mass is 9.95. The number of unbranched alkanes of at least 4 members (excludes halogenated alkanes) is 1. The number of aromatic nitrogens is 1. The number of pyridine rings is 1. The van der Waals surface area contributed by atoms with Gasteiger partial charge in [-0.3, -0.25) is 9.59 Å². The van der Waals surface area contributed by atoms with Gasteiger partial charge in [-0.05, 0) is 37.0 Å². The quantitative estimate of drug-likeness (QED) is 0.419. The van der Waals surface area contributed by atoms with Gasteiger partial charge in [0.1, 0.15) is 22.8 Å². The van der Waals surface area contributed by atoms with Crippen molar-refractivity contribution in [2.24, 2.45) is 0 Å². The average Bonchev–Trinajstić information content (AvgIpc) is 3.40. The predicted molar refractivity (Wildman–Crippen MR) is 141 cm³/mol. The number of nitrogens with zero attached hydrogens (tertiary/aromatic N) is 1. The monoisotopic (exact) mass is 506 g/mol. The standard InChI is InChI=1S/C29H34N2O6/c1-4-5-12-21-24(25-22(35-2)13-9-14-23(25)36-3)27(32)26(28(33)30-21)29(34)31-16-15-20(17-31)37-18-19-10-7-6-8-11-19/h6-11,13-14,20H,4-5,12,15-18H2,1-3H3,(H2,30,32,33). The van der Waals surface area contributed by atoms with Crippen molar-refractivity contribution < 1.29 is 24.1 Å². The maximum atomic E-state index is 13.6. The van der Waals surface area contributed by atoms with Gasteiger partial charge in [-0.15, -0.1) is 0 Å². The van der Waals surface area contributed by atoms with E-state index < -0.39 is 11.5 Å². The highest BCUT2D eigenvalue weighted by Gasteiger charge is 2.33. The van der Waals surface area contributed by atoms with Crippen LogP contribution in [0.5, 0.6) is 17.2 Å². The highest BCUT2D eigenvalue weighted by molar-refractivity contribution is 6.00. The summed E-state index contributed by atoms with van der Waals surface area (Å²) in [5, 5.41) is 11.5. The fourth-order valence-electron chi connectivity index (χ4n) is 4.74. The highest BCUT2D eigenvalue weighted by Crippen LogP contribution is 2.45. The number of carbonyl (C=O) groups is 1. The number of carbonyl (C=O) groups excluding carboxylic acids is 1. The van der Waals surface area contributed by atoms with Crippen LogP contribution in [0.2, 0.25) is 0 Å². The van der Waals surface area contributed by atoms with E-state index >= 15 is 0 Å². The summed E-state index contributed by atoms with van der Waals surface area (Å²) in [6.45, 7) is 3.27. The molecule has 0 spiro atoms. The topological polar surface area (TPSA) is 101 Å². The van der Waals surface area contributed by atoms with Gasteiger partial charge in [0.05, 0.1) is 38.1 Å². The van der Waals surface area contributed by atoms with E-state index in [9.17, 15) is 14.7 Å². The van der Waals surface area contributed by atoms with Crippen molar-refractivity contribution in [3.8, 4) is 28.4 Å². The summed E-state index contributed by atoms with van der Waals surface area (Å²) < 4.78 is 17.1. The number of aryl methyl sites for hydroxylation is 1. The Morgan fingerprint density at radius 3 is 2.41 bits per heavy atom. The number of aromatic hydroxyl groups is 1. The van der Waals surface area contributed by atoms with Crippen LogP contribution in [-0.2, 0) is 17.8 Å². The van der Waals surface area contributed by atoms with Gasteiger partial charge < -0.3 is 29.2 Å². The Morgan fingerprint density at radius 2 is 1.76 bits per heavy atom. The van der Waals surface area contributed by atoms with Crippen LogP contribution in [0.25, 0.3) is 11.1 Å². The Morgan fingerprint density at radius 1 is 1.05 bits per heavy atom. The Balaban J connectivity index is 1.67. The van der Waals surface area contributed by atoms with Gasteiger partial charge in [0.2, 0.25) is 0 Å². The summed E-state index contributed by atoms with van der Waals surface area (Å²) in [6.07, 6.45) is 2.70. The fourth-order valence-corrected chi connectivity index (χ4v) is 4.74. The molecule has 1 unspecified atom stereocenters. The molecular formula is C29H34N2O6. The van der Waals surface area contributed by atoms with Crippen LogP contribution in [0, 0.1) is 0 Å². The lowest BCUT2D eigenvalue weighted by Gasteiger charge is -2.21. The summed E-state index contributed by atoms with van der Waals surface area (Å²) in [6, 6.07) is 15.1. The molecule has 3 aromatic rings. The molecule has 8 heteroatoms. The van der Waals surface area contributed by atoms with Crippen molar-refractivity contribution in [2.45, 2.75) is 45.3 Å². The molecule has 1 aliphatic heterocycles. The first-order chi connectivity index (χ1) is 18.0. The molecule has 0 bridgehead atoms. The molecule has 1 saturated heterocycles. The first-order valence-electron chi connectivity index (χ1n) is 12.6. The van der Waals surface area contributed by atoms with Gasteiger partial charge in [-0.2, -0.15) is 0 Å². The van der Waals surface area contributed by atoms with E-state index in [-0.39, 0.29) is 17.4 Å². The van der Waals surface area contributed by atoms with E-state index in [1.54, 1.807) is 23.1 Å². The summed E-state index contributed by atoms with van der Waals surface area (Å²) >= 11 is 0. The van der Waals surface area contributed by atoms with Gasteiger partial charge in [-0.1, -0.05) is 49.7 Å². The van der Waals surface area contributed by atoms with Crippen molar-refractivity contribution in [2.75, 3.05) is 27.3 Å². The van der Waals surface area contributed by atoms with Crippen LogP contribution in [0.1, 0.15) is 47.8 Å². The highest BCUT2D eigenvalue weighted by atomic mass is 16.5. The van der Waals surface area contributed by atoms with Crippen molar-refractivity contribution >= 4 is 5.91 Å². The number of ether oxygens (including phenoxy) is 3. The van der Waals surface area contributed by atoms with Gasteiger partial charge in [0.15, 0.2) is 0 Å². The SMILES string of the molecule is CCCCc1[nH]c(=O)c(C(=O)N2CCC(OCc3ccccc3)C2)c(O)c1-c1c(OC)cccc1OC. The van der Waals surface area contributed by atoms with E-state index in [4.69, 9.17) is 14.2 Å². The number of rotatable bonds is 10. The number of likely N-dealkylation sites (tertiary alicyclic amines) is 1.